The highest BCUT2D eigenvalue weighted by Crippen LogP contribution is 2.32. The Morgan fingerprint density at radius 3 is 2.28 bits per heavy atom. The van der Waals surface area contributed by atoms with Crippen molar-refractivity contribution in [2.45, 2.75) is 27.7 Å². The molecule has 6 nitrogen and oxygen atoms in total. The average Bonchev–Trinajstić information content (AvgIpc) is 2.99. The molecule has 0 bridgehead atoms. The van der Waals surface area contributed by atoms with Crippen molar-refractivity contribution >= 4 is 23.1 Å². The van der Waals surface area contributed by atoms with E-state index >= 15 is 0 Å². The van der Waals surface area contributed by atoms with Crippen molar-refractivity contribution in [3.8, 4) is 0 Å². The van der Waals surface area contributed by atoms with Crippen LogP contribution < -0.4 is 5.32 Å². The largest absolute Gasteiger partial charge is 0.379 e. The Kier molecular flexibility index (Phi) is 6.44. The molecule has 32 heavy (non-hydrogen) atoms. The number of aryl methyl sites for hydroxylation is 4. The molecule has 0 atom stereocenters. The van der Waals surface area contributed by atoms with Gasteiger partial charge in [0.05, 0.1) is 18.8 Å². The second-order valence-electron chi connectivity index (χ2n) is 8.71. The van der Waals surface area contributed by atoms with E-state index in [0.717, 1.165) is 41.0 Å². The number of benzene rings is 2. The summed E-state index contributed by atoms with van der Waals surface area (Å²) < 4.78 is 5.41. The zero-order chi connectivity index (χ0) is 22.8. The summed E-state index contributed by atoms with van der Waals surface area (Å²) in [6.07, 6.45) is 0. The number of nitrogens with zero attached hydrogens (tertiary/aromatic N) is 2. The first-order chi connectivity index (χ1) is 15.3. The molecule has 1 N–H and O–H groups in total. The first-order valence-corrected chi connectivity index (χ1v) is 11.2. The van der Waals surface area contributed by atoms with Crippen LogP contribution in [0.3, 0.4) is 0 Å². The Bertz CT molecular complexity index is 1080. The molecule has 4 rings (SSSR count). The van der Waals surface area contributed by atoms with Crippen LogP contribution in [0, 0.1) is 27.7 Å². The highest BCUT2D eigenvalue weighted by Gasteiger charge is 2.39. The predicted octanol–water partition coefficient (Wildman–Crippen LogP) is 3.44. The summed E-state index contributed by atoms with van der Waals surface area (Å²) in [5.74, 6) is -0.502. The molecular weight excluding hydrogens is 402 g/mol. The van der Waals surface area contributed by atoms with Crippen LogP contribution in [0.5, 0.6) is 0 Å². The Hall–Kier alpha value is -2.96. The number of hydrogen-bond donors (Lipinski definition) is 1. The van der Waals surface area contributed by atoms with Gasteiger partial charge in [-0.1, -0.05) is 29.8 Å². The SMILES string of the molecule is Cc1ccc(C2=C(Nc3ccc(C)c(C)c3)C(=O)N(CCN3CCOCC3)C2=O)c(C)c1. The van der Waals surface area contributed by atoms with Gasteiger partial charge >= 0.3 is 0 Å². The number of nitrogens with one attached hydrogen (secondary N) is 1. The minimum atomic E-state index is -0.267. The number of rotatable bonds is 6. The molecule has 0 saturated carbocycles. The van der Waals surface area contributed by atoms with E-state index in [2.05, 4.69) is 17.1 Å². The van der Waals surface area contributed by atoms with Crippen LogP contribution >= 0.6 is 0 Å². The predicted molar refractivity (Wildman–Crippen MR) is 126 cm³/mol. The second-order valence-corrected chi connectivity index (χ2v) is 8.71. The van der Waals surface area contributed by atoms with Crippen molar-refractivity contribution < 1.29 is 14.3 Å². The van der Waals surface area contributed by atoms with Gasteiger partial charge in [-0.3, -0.25) is 19.4 Å². The van der Waals surface area contributed by atoms with E-state index in [1.807, 2.05) is 57.2 Å². The molecule has 0 spiro atoms. The summed E-state index contributed by atoms with van der Waals surface area (Å²) >= 11 is 0. The van der Waals surface area contributed by atoms with Gasteiger partial charge < -0.3 is 10.1 Å². The Morgan fingerprint density at radius 2 is 1.59 bits per heavy atom. The van der Waals surface area contributed by atoms with Crippen LogP contribution in [0.1, 0.15) is 27.8 Å². The minimum Gasteiger partial charge on any atom is -0.379 e. The van der Waals surface area contributed by atoms with Gasteiger partial charge in [0.15, 0.2) is 0 Å². The van der Waals surface area contributed by atoms with Gasteiger partial charge in [0.25, 0.3) is 11.8 Å². The van der Waals surface area contributed by atoms with Crippen molar-refractivity contribution in [2.75, 3.05) is 44.7 Å². The summed E-state index contributed by atoms with van der Waals surface area (Å²) in [5, 5.41) is 3.28. The molecule has 2 heterocycles. The number of ether oxygens (including phenoxy) is 1. The number of amides is 2. The number of hydrogen-bond acceptors (Lipinski definition) is 5. The molecule has 1 fully saturated rings. The van der Waals surface area contributed by atoms with Gasteiger partial charge in [-0.15, -0.1) is 0 Å². The molecule has 0 unspecified atom stereocenters. The van der Waals surface area contributed by atoms with Crippen LogP contribution in [-0.2, 0) is 14.3 Å². The Balaban J connectivity index is 1.67. The van der Waals surface area contributed by atoms with Crippen LogP contribution in [0.15, 0.2) is 42.1 Å². The molecule has 6 heteroatoms. The van der Waals surface area contributed by atoms with Crippen molar-refractivity contribution in [3.05, 3.63) is 69.9 Å². The third-order valence-electron chi connectivity index (χ3n) is 6.34. The number of morpholine rings is 1. The van der Waals surface area contributed by atoms with Crippen molar-refractivity contribution in [2.24, 2.45) is 0 Å². The first kappa shape index (κ1) is 22.2. The van der Waals surface area contributed by atoms with Gasteiger partial charge in [0.2, 0.25) is 0 Å². The van der Waals surface area contributed by atoms with Gasteiger partial charge in [0, 0.05) is 31.9 Å². The number of carbonyl (C=O) groups excluding carboxylic acids is 2. The maximum atomic E-state index is 13.5. The van der Waals surface area contributed by atoms with Crippen LogP contribution in [0.2, 0.25) is 0 Å². The molecule has 2 aromatic carbocycles. The van der Waals surface area contributed by atoms with E-state index in [9.17, 15) is 9.59 Å². The van der Waals surface area contributed by atoms with Crippen molar-refractivity contribution in [1.29, 1.82) is 0 Å². The maximum absolute atomic E-state index is 13.5. The highest BCUT2D eigenvalue weighted by molar-refractivity contribution is 6.36. The molecule has 2 amide bonds. The maximum Gasteiger partial charge on any atom is 0.278 e. The molecule has 2 aliphatic heterocycles. The number of carbonyl (C=O) groups is 2. The lowest BCUT2D eigenvalue weighted by Crippen LogP contribution is -2.43. The van der Waals surface area contributed by atoms with Crippen LogP contribution in [-0.4, -0.2) is 61.0 Å². The molecule has 168 valence electrons. The topological polar surface area (TPSA) is 61.9 Å². The van der Waals surface area contributed by atoms with E-state index in [1.165, 1.54) is 10.5 Å². The summed E-state index contributed by atoms with van der Waals surface area (Å²) in [5.41, 5.74) is 6.83. The standard InChI is InChI=1S/C26H31N3O3/c1-17-5-8-22(20(4)15-17)23-24(27-21-7-6-18(2)19(3)16-21)26(31)29(25(23)30)10-9-28-11-13-32-14-12-28/h5-8,15-16,27H,9-14H2,1-4H3. The van der Waals surface area contributed by atoms with Crippen molar-refractivity contribution in [3.63, 3.8) is 0 Å². The molecular formula is C26H31N3O3. The van der Waals surface area contributed by atoms with Gasteiger partial charge in [-0.05, 0) is 62.1 Å². The molecule has 1 saturated heterocycles. The first-order valence-electron chi connectivity index (χ1n) is 11.2. The normalized spacial score (nSPS) is 17.4. The summed E-state index contributed by atoms with van der Waals surface area (Å²) in [6.45, 7) is 12.1. The average molecular weight is 434 g/mol. The van der Waals surface area contributed by atoms with Gasteiger partial charge in [0.1, 0.15) is 5.70 Å². The van der Waals surface area contributed by atoms with E-state index in [4.69, 9.17) is 4.74 Å². The minimum absolute atomic E-state index is 0.235. The molecule has 0 aromatic heterocycles. The summed E-state index contributed by atoms with van der Waals surface area (Å²) in [6, 6.07) is 12.0. The smallest absolute Gasteiger partial charge is 0.278 e. The lowest BCUT2D eigenvalue weighted by molar-refractivity contribution is -0.137. The summed E-state index contributed by atoms with van der Waals surface area (Å²) in [7, 11) is 0. The third kappa shape index (κ3) is 4.47. The summed E-state index contributed by atoms with van der Waals surface area (Å²) in [4.78, 5) is 30.6. The lowest BCUT2D eigenvalue weighted by atomic mass is 9.97. The fourth-order valence-electron chi connectivity index (χ4n) is 4.27. The van der Waals surface area contributed by atoms with Crippen LogP contribution in [0.4, 0.5) is 5.69 Å². The number of imide groups is 1. The Morgan fingerprint density at radius 1 is 0.844 bits per heavy atom. The van der Waals surface area contributed by atoms with Crippen LogP contribution in [0.25, 0.3) is 5.57 Å². The fraction of sp³-hybridized carbons (Fsp3) is 0.385. The zero-order valence-corrected chi connectivity index (χ0v) is 19.3. The van der Waals surface area contributed by atoms with Gasteiger partial charge in [-0.25, -0.2) is 0 Å². The Labute approximate surface area is 189 Å². The monoisotopic (exact) mass is 433 g/mol. The molecule has 0 aliphatic carbocycles. The second kappa shape index (κ2) is 9.27. The quantitative estimate of drug-likeness (QED) is 0.707. The van der Waals surface area contributed by atoms with E-state index in [-0.39, 0.29) is 11.8 Å². The van der Waals surface area contributed by atoms with E-state index in [0.29, 0.717) is 37.6 Å². The zero-order valence-electron chi connectivity index (χ0n) is 19.3. The molecule has 2 aliphatic rings. The third-order valence-corrected chi connectivity index (χ3v) is 6.34. The molecule has 0 radical (unpaired) electrons. The van der Waals surface area contributed by atoms with E-state index in [1.54, 1.807) is 0 Å². The van der Waals surface area contributed by atoms with Crippen molar-refractivity contribution in [1.82, 2.24) is 9.80 Å². The van der Waals surface area contributed by atoms with E-state index < -0.39 is 0 Å². The highest BCUT2D eigenvalue weighted by atomic mass is 16.5. The van der Waals surface area contributed by atoms with Gasteiger partial charge in [-0.2, -0.15) is 0 Å². The number of anilines is 1. The lowest BCUT2D eigenvalue weighted by Gasteiger charge is -2.28. The molecule has 2 aromatic rings. The fourth-order valence-corrected chi connectivity index (χ4v) is 4.27.